The molecule has 0 bridgehead atoms. The highest BCUT2D eigenvalue weighted by Gasteiger charge is 2.31. The van der Waals surface area contributed by atoms with E-state index in [-0.39, 0.29) is 11.9 Å². The van der Waals surface area contributed by atoms with Gasteiger partial charge < -0.3 is 5.32 Å². The second kappa shape index (κ2) is 4.58. The first-order chi connectivity index (χ1) is 6.50. The van der Waals surface area contributed by atoms with Crippen LogP contribution in [-0.4, -0.2) is 17.7 Å². The van der Waals surface area contributed by atoms with Gasteiger partial charge in [0.1, 0.15) is 5.78 Å². The van der Waals surface area contributed by atoms with Crippen LogP contribution in [0.2, 0.25) is 0 Å². The molecule has 1 fully saturated rings. The first-order valence-electron chi connectivity index (χ1n) is 5.30. The summed E-state index contributed by atoms with van der Waals surface area (Å²) in [4.78, 5) is 22.5. The van der Waals surface area contributed by atoms with Crippen LogP contribution < -0.4 is 5.32 Å². The molecule has 3 nitrogen and oxygen atoms in total. The molecule has 1 N–H and O–H groups in total. The van der Waals surface area contributed by atoms with Gasteiger partial charge in [-0.25, -0.2) is 0 Å². The lowest BCUT2D eigenvalue weighted by molar-refractivity contribution is -0.122. The molecule has 1 aliphatic carbocycles. The Labute approximate surface area is 85.3 Å². The van der Waals surface area contributed by atoms with Gasteiger partial charge in [-0.2, -0.15) is 0 Å². The molecule has 0 radical (unpaired) electrons. The monoisotopic (exact) mass is 197 g/mol. The van der Waals surface area contributed by atoms with Gasteiger partial charge in [0.05, 0.1) is 0 Å². The summed E-state index contributed by atoms with van der Waals surface area (Å²) in [5, 5.41) is 2.83. The molecule has 0 spiro atoms. The van der Waals surface area contributed by atoms with Crippen LogP contribution in [0.3, 0.4) is 0 Å². The zero-order chi connectivity index (χ0) is 10.7. The third-order valence-electron chi connectivity index (χ3n) is 2.65. The Morgan fingerprint density at radius 1 is 1.36 bits per heavy atom. The summed E-state index contributed by atoms with van der Waals surface area (Å²) in [6.07, 6.45) is 2.59. The zero-order valence-corrected chi connectivity index (χ0v) is 9.17. The number of nitrogens with one attached hydrogen (secondary N) is 1. The third kappa shape index (κ3) is 3.48. The van der Waals surface area contributed by atoms with E-state index in [1.165, 1.54) is 6.92 Å². The first-order valence-corrected chi connectivity index (χ1v) is 5.30. The van der Waals surface area contributed by atoms with Crippen LogP contribution in [0.15, 0.2) is 0 Å². The minimum Gasteiger partial charge on any atom is -0.353 e. The summed E-state index contributed by atoms with van der Waals surface area (Å²) < 4.78 is 0. The van der Waals surface area contributed by atoms with Crippen molar-refractivity contribution < 1.29 is 9.59 Å². The van der Waals surface area contributed by atoms with Gasteiger partial charge >= 0.3 is 0 Å². The highest BCUT2D eigenvalue weighted by Crippen LogP contribution is 2.31. The molecule has 1 aliphatic rings. The second-order valence-electron chi connectivity index (χ2n) is 4.50. The molecular formula is C11H19NO2. The maximum absolute atomic E-state index is 11.6. The first kappa shape index (κ1) is 11.2. The van der Waals surface area contributed by atoms with Crippen LogP contribution in [0, 0.1) is 11.8 Å². The van der Waals surface area contributed by atoms with Crippen molar-refractivity contribution >= 4 is 11.7 Å². The number of carbonyl (C=O) groups excluding carboxylic acids is 2. The van der Waals surface area contributed by atoms with Crippen molar-refractivity contribution in [3.05, 3.63) is 0 Å². The Morgan fingerprint density at radius 3 is 2.29 bits per heavy atom. The normalized spacial score (nSPS) is 18.0. The zero-order valence-electron chi connectivity index (χ0n) is 9.17. The van der Waals surface area contributed by atoms with E-state index >= 15 is 0 Å². The van der Waals surface area contributed by atoms with Crippen molar-refractivity contribution in [3.8, 4) is 0 Å². The summed E-state index contributed by atoms with van der Waals surface area (Å²) in [5.74, 6) is 0.886. The molecule has 0 aromatic rings. The number of hydrogen-bond donors (Lipinski definition) is 1. The average Bonchev–Trinajstić information content (AvgIpc) is 2.83. The topological polar surface area (TPSA) is 46.2 Å². The summed E-state index contributed by atoms with van der Waals surface area (Å²) in [5.41, 5.74) is 0. The van der Waals surface area contributed by atoms with Gasteiger partial charge in [-0.05, 0) is 18.8 Å². The van der Waals surface area contributed by atoms with Gasteiger partial charge in [-0.3, -0.25) is 9.59 Å². The Bertz CT molecular complexity index is 231. The number of carbonyl (C=O) groups is 2. The molecule has 0 saturated heterocycles. The molecule has 80 valence electrons. The lowest BCUT2D eigenvalue weighted by atomic mass is 9.97. The van der Waals surface area contributed by atoms with Crippen LogP contribution in [0.4, 0.5) is 0 Å². The van der Waals surface area contributed by atoms with E-state index in [0.29, 0.717) is 24.0 Å². The van der Waals surface area contributed by atoms with Gasteiger partial charge in [0.25, 0.3) is 0 Å². The molecule has 1 saturated carbocycles. The van der Waals surface area contributed by atoms with Gasteiger partial charge in [0.2, 0.25) is 5.91 Å². The molecule has 0 aromatic carbocycles. The Kier molecular flexibility index (Phi) is 3.67. The number of hydrogen-bond acceptors (Lipinski definition) is 2. The molecule has 14 heavy (non-hydrogen) atoms. The maximum Gasteiger partial charge on any atom is 0.217 e. The maximum atomic E-state index is 11.6. The van der Waals surface area contributed by atoms with E-state index in [9.17, 15) is 9.59 Å². The molecule has 1 rings (SSSR count). The van der Waals surface area contributed by atoms with E-state index < -0.39 is 0 Å². The molecule has 3 heteroatoms. The SMILES string of the molecule is CC(=O)N[C@H](CC(=O)C1CC1)C(C)C. The van der Waals surface area contributed by atoms with Gasteiger partial charge in [0, 0.05) is 25.3 Å². The Morgan fingerprint density at radius 2 is 1.93 bits per heavy atom. The summed E-state index contributed by atoms with van der Waals surface area (Å²) >= 11 is 0. The minimum absolute atomic E-state index is 0.0144. The minimum atomic E-state index is -0.0488. The molecule has 0 unspecified atom stereocenters. The van der Waals surface area contributed by atoms with E-state index in [1.807, 2.05) is 13.8 Å². The lowest BCUT2D eigenvalue weighted by Crippen LogP contribution is -2.39. The Hall–Kier alpha value is -0.860. The molecular weight excluding hydrogens is 178 g/mol. The summed E-state index contributed by atoms with van der Waals surface area (Å²) in [6, 6.07) is 0.0144. The van der Waals surface area contributed by atoms with Crippen molar-refractivity contribution in [2.75, 3.05) is 0 Å². The predicted octanol–water partition coefficient (Wildman–Crippen LogP) is 1.52. The van der Waals surface area contributed by atoms with Crippen molar-refractivity contribution in [1.29, 1.82) is 0 Å². The Balaban J connectivity index is 2.41. The highest BCUT2D eigenvalue weighted by molar-refractivity contribution is 5.84. The van der Waals surface area contributed by atoms with Crippen LogP contribution in [0.5, 0.6) is 0 Å². The number of amides is 1. The quantitative estimate of drug-likeness (QED) is 0.726. The van der Waals surface area contributed by atoms with Crippen molar-refractivity contribution in [1.82, 2.24) is 5.32 Å². The fourth-order valence-corrected chi connectivity index (χ4v) is 1.50. The molecule has 0 aliphatic heterocycles. The molecule has 1 atom stereocenters. The smallest absolute Gasteiger partial charge is 0.217 e. The standard InChI is InChI=1S/C11H19NO2/c1-7(2)10(12-8(3)13)6-11(14)9-4-5-9/h7,9-10H,4-6H2,1-3H3,(H,12,13)/t10-/m1/s1. The van der Waals surface area contributed by atoms with E-state index in [2.05, 4.69) is 5.32 Å². The molecule has 0 aromatic heterocycles. The number of rotatable bonds is 5. The second-order valence-corrected chi connectivity index (χ2v) is 4.50. The van der Waals surface area contributed by atoms with Crippen molar-refractivity contribution in [2.24, 2.45) is 11.8 Å². The number of Topliss-reactive ketones (excluding diaryl/α,β-unsaturated/α-hetero) is 1. The van der Waals surface area contributed by atoms with Crippen LogP contribution in [-0.2, 0) is 9.59 Å². The van der Waals surface area contributed by atoms with Crippen LogP contribution in [0.25, 0.3) is 0 Å². The lowest BCUT2D eigenvalue weighted by Gasteiger charge is -2.20. The summed E-state index contributed by atoms with van der Waals surface area (Å²) in [7, 11) is 0. The molecule has 0 heterocycles. The van der Waals surface area contributed by atoms with Crippen molar-refractivity contribution in [2.45, 2.75) is 46.1 Å². The fourth-order valence-electron chi connectivity index (χ4n) is 1.50. The average molecular weight is 197 g/mol. The van der Waals surface area contributed by atoms with E-state index in [4.69, 9.17) is 0 Å². The molecule has 1 amide bonds. The predicted molar refractivity (Wildman–Crippen MR) is 54.8 cm³/mol. The van der Waals surface area contributed by atoms with E-state index in [0.717, 1.165) is 12.8 Å². The van der Waals surface area contributed by atoms with E-state index in [1.54, 1.807) is 0 Å². The largest absolute Gasteiger partial charge is 0.353 e. The van der Waals surface area contributed by atoms with Gasteiger partial charge in [0.15, 0.2) is 0 Å². The number of ketones is 1. The highest BCUT2D eigenvalue weighted by atomic mass is 16.1. The van der Waals surface area contributed by atoms with Crippen LogP contribution >= 0.6 is 0 Å². The fraction of sp³-hybridized carbons (Fsp3) is 0.818. The van der Waals surface area contributed by atoms with Crippen molar-refractivity contribution in [3.63, 3.8) is 0 Å². The van der Waals surface area contributed by atoms with Crippen LogP contribution in [0.1, 0.15) is 40.0 Å². The van der Waals surface area contributed by atoms with Gasteiger partial charge in [-0.15, -0.1) is 0 Å². The third-order valence-corrected chi connectivity index (χ3v) is 2.65. The van der Waals surface area contributed by atoms with Gasteiger partial charge in [-0.1, -0.05) is 13.8 Å². The summed E-state index contributed by atoms with van der Waals surface area (Å²) in [6.45, 7) is 5.55.